The SMILES string of the molecule is CC(C)(c1ccccc1)c1cccc2oc3c(-c4ccccn4)[c-]ccc3c12.Cc1cnc(-c2[c-]cccc2)cc1CC1CCCCC1.[Ir]. The first kappa shape index (κ1) is 34.5. The molecule has 0 atom stereocenters. The van der Waals surface area contributed by atoms with Crippen LogP contribution in [0.1, 0.15) is 68.2 Å². The van der Waals surface area contributed by atoms with Gasteiger partial charge in [0, 0.05) is 43.3 Å². The Bertz CT molecular complexity index is 2110. The minimum atomic E-state index is -0.151. The molecule has 0 unspecified atom stereocenters. The van der Waals surface area contributed by atoms with Crippen molar-refractivity contribution in [1.82, 2.24) is 9.97 Å². The molecule has 0 N–H and O–H groups in total. The Labute approximate surface area is 304 Å². The minimum Gasteiger partial charge on any atom is -0.501 e. The van der Waals surface area contributed by atoms with Gasteiger partial charge in [-0.2, -0.15) is 0 Å². The number of fused-ring (bicyclic) bond motifs is 3. The number of furan rings is 1. The first-order chi connectivity index (χ1) is 23.5. The van der Waals surface area contributed by atoms with Gasteiger partial charge in [0.2, 0.25) is 0 Å². The molecule has 1 aliphatic carbocycles. The van der Waals surface area contributed by atoms with E-state index in [9.17, 15) is 0 Å². The van der Waals surface area contributed by atoms with E-state index in [2.05, 4.69) is 104 Å². The molecule has 0 spiro atoms. The van der Waals surface area contributed by atoms with Gasteiger partial charge in [-0.25, -0.2) is 0 Å². The van der Waals surface area contributed by atoms with Gasteiger partial charge in [-0.1, -0.05) is 123 Å². The number of hydrogen-bond donors (Lipinski definition) is 0. The van der Waals surface area contributed by atoms with E-state index in [1.807, 2.05) is 54.7 Å². The van der Waals surface area contributed by atoms with Gasteiger partial charge in [0.15, 0.2) is 0 Å². The second-order valence-electron chi connectivity index (χ2n) is 13.6. The molecule has 0 saturated heterocycles. The summed E-state index contributed by atoms with van der Waals surface area (Å²) in [5, 5.41) is 2.27. The second kappa shape index (κ2) is 15.5. The van der Waals surface area contributed by atoms with Crippen molar-refractivity contribution < 1.29 is 24.5 Å². The number of aromatic nitrogens is 2. The summed E-state index contributed by atoms with van der Waals surface area (Å²) >= 11 is 0. The van der Waals surface area contributed by atoms with Gasteiger partial charge in [-0.3, -0.25) is 0 Å². The van der Waals surface area contributed by atoms with Crippen LogP contribution in [0.25, 0.3) is 44.5 Å². The number of pyridine rings is 2. The quantitative estimate of drug-likeness (QED) is 0.157. The Kier molecular flexibility index (Phi) is 10.9. The first-order valence-electron chi connectivity index (χ1n) is 17.2. The summed E-state index contributed by atoms with van der Waals surface area (Å²) in [5.74, 6) is 0.873. The predicted molar refractivity (Wildman–Crippen MR) is 198 cm³/mol. The number of hydrogen-bond acceptors (Lipinski definition) is 3. The normalized spacial score (nSPS) is 13.4. The van der Waals surface area contributed by atoms with Crippen LogP contribution in [0.4, 0.5) is 0 Å². The van der Waals surface area contributed by atoms with Crippen LogP contribution in [-0.4, -0.2) is 9.97 Å². The fourth-order valence-electron chi connectivity index (χ4n) is 7.21. The van der Waals surface area contributed by atoms with Crippen molar-refractivity contribution in [3.63, 3.8) is 0 Å². The van der Waals surface area contributed by atoms with Crippen molar-refractivity contribution in [2.45, 2.75) is 64.7 Å². The van der Waals surface area contributed by atoms with Gasteiger partial charge >= 0.3 is 0 Å². The van der Waals surface area contributed by atoms with Crippen molar-refractivity contribution in [3.05, 3.63) is 156 Å². The summed E-state index contributed by atoms with van der Waals surface area (Å²) in [6.45, 7) is 6.72. The summed E-state index contributed by atoms with van der Waals surface area (Å²) < 4.78 is 6.34. The second-order valence-corrected chi connectivity index (χ2v) is 13.6. The number of aryl methyl sites for hydroxylation is 1. The van der Waals surface area contributed by atoms with E-state index in [1.165, 1.54) is 60.8 Å². The molecule has 1 radical (unpaired) electrons. The molecule has 49 heavy (non-hydrogen) atoms. The number of benzene rings is 4. The summed E-state index contributed by atoms with van der Waals surface area (Å²) in [6, 6.07) is 43.9. The Balaban J connectivity index is 0.000000176. The van der Waals surface area contributed by atoms with Crippen molar-refractivity contribution in [2.75, 3.05) is 0 Å². The maximum Gasteiger partial charge on any atom is 0.121 e. The molecule has 8 rings (SSSR count). The van der Waals surface area contributed by atoms with E-state index in [-0.39, 0.29) is 25.5 Å². The maximum atomic E-state index is 6.34. The molecule has 0 bridgehead atoms. The molecule has 3 nitrogen and oxygen atoms in total. The van der Waals surface area contributed by atoms with Crippen LogP contribution >= 0.6 is 0 Å². The van der Waals surface area contributed by atoms with Gasteiger partial charge in [0.25, 0.3) is 0 Å². The standard InChI is InChI=1S/C26H20NO.C19H22N.Ir/c1-26(2,18-10-4-3-5-11-18)21-14-9-16-23-24(21)20-13-8-12-19(25(20)28-23)22-15-6-7-17-27-22;1-15-14-20-19(17-10-6-3-7-11-17)13-18(15)12-16-8-4-2-5-9-16;/h3-11,13-17H,1-2H3;3,6-7,10,13-14,16H,2,4-5,8-9,12H2,1H3;/q2*-1;. The Hall–Kier alpha value is -4.37. The fourth-order valence-corrected chi connectivity index (χ4v) is 7.21. The van der Waals surface area contributed by atoms with E-state index >= 15 is 0 Å². The molecule has 0 amide bonds. The minimum absolute atomic E-state index is 0. The van der Waals surface area contributed by atoms with Crippen molar-refractivity contribution in [1.29, 1.82) is 0 Å². The maximum absolute atomic E-state index is 6.34. The van der Waals surface area contributed by atoms with E-state index in [4.69, 9.17) is 4.42 Å². The van der Waals surface area contributed by atoms with E-state index in [0.29, 0.717) is 0 Å². The molecule has 1 saturated carbocycles. The average Bonchev–Trinajstić information content (AvgIpc) is 3.53. The Morgan fingerprint density at radius 1 is 0.776 bits per heavy atom. The monoisotopic (exact) mass is 819 g/mol. The molecule has 0 aliphatic heterocycles. The van der Waals surface area contributed by atoms with Crippen molar-refractivity contribution in [3.8, 4) is 22.5 Å². The van der Waals surface area contributed by atoms with E-state index in [1.54, 1.807) is 6.20 Å². The molecule has 1 fully saturated rings. The molecular formula is C45H42IrN2O-2. The Morgan fingerprint density at radius 2 is 1.57 bits per heavy atom. The molecule has 4 aromatic carbocycles. The van der Waals surface area contributed by atoms with Gasteiger partial charge in [-0.05, 0) is 59.5 Å². The summed E-state index contributed by atoms with van der Waals surface area (Å²) in [7, 11) is 0. The number of nitrogens with zero attached hydrogens (tertiary/aromatic N) is 2. The third-order valence-electron chi connectivity index (χ3n) is 9.98. The summed E-state index contributed by atoms with van der Waals surface area (Å²) in [5.41, 5.74) is 10.9. The molecular weight excluding hydrogens is 777 g/mol. The smallest absolute Gasteiger partial charge is 0.121 e. The molecule has 1 aliphatic rings. The predicted octanol–water partition coefficient (Wildman–Crippen LogP) is 11.8. The van der Waals surface area contributed by atoms with Gasteiger partial charge in [-0.15, -0.1) is 54.1 Å². The number of rotatable bonds is 6. The van der Waals surface area contributed by atoms with Gasteiger partial charge in [0.1, 0.15) is 5.58 Å². The third-order valence-corrected chi connectivity index (χ3v) is 9.98. The zero-order chi connectivity index (χ0) is 32.9. The van der Waals surface area contributed by atoms with Crippen LogP contribution in [0.5, 0.6) is 0 Å². The average molecular weight is 819 g/mol. The summed E-state index contributed by atoms with van der Waals surface area (Å²) in [4.78, 5) is 9.07. The molecule has 3 aromatic heterocycles. The van der Waals surface area contributed by atoms with E-state index in [0.717, 1.165) is 50.4 Å². The fraction of sp³-hybridized carbons (Fsp3) is 0.244. The van der Waals surface area contributed by atoms with Crippen LogP contribution in [0, 0.1) is 25.0 Å². The summed E-state index contributed by atoms with van der Waals surface area (Å²) in [6.07, 6.45) is 12.1. The van der Waals surface area contributed by atoms with Gasteiger partial charge < -0.3 is 14.4 Å². The van der Waals surface area contributed by atoms with Crippen molar-refractivity contribution in [2.24, 2.45) is 5.92 Å². The van der Waals surface area contributed by atoms with E-state index < -0.39 is 0 Å². The third kappa shape index (κ3) is 7.47. The largest absolute Gasteiger partial charge is 0.501 e. The molecule has 3 heterocycles. The zero-order valence-electron chi connectivity index (χ0n) is 28.5. The molecule has 7 aromatic rings. The van der Waals surface area contributed by atoms with Crippen LogP contribution in [-0.2, 0) is 31.9 Å². The van der Waals surface area contributed by atoms with Crippen molar-refractivity contribution >= 4 is 21.9 Å². The topological polar surface area (TPSA) is 38.9 Å². The zero-order valence-corrected chi connectivity index (χ0v) is 30.9. The van der Waals surface area contributed by atoms with Crippen LogP contribution in [0.2, 0.25) is 0 Å². The van der Waals surface area contributed by atoms with Crippen LogP contribution < -0.4 is 0 Å². The van der Waals surface area contributed by atoms with Crippen LogP contribution in [0.15, 0.2) is 126 Å². The van der Waals surface area contributed by atoms with Crippen LogP contribution in [0.3, 0.4) is 0 Å². The Morgan fingerprint density at radius 3 is 2.33 bits per heavy atom. The van der Waals surface area contributed by atoms with Gasteiger partial charge in [0.05, 0.1) is 5.58 Å². The molecule has 4 heteroatoms. The molecule has 249 valence electrons. The first-order valence-corrected chi connectivity index (χ1v) is 17.2.